The monoisotopic (exact) mass is 362 g/mol. The van der Waals surface area contributed by atoms with Crippen molar-refractivity contribution in [1.82, 2.24) is 15.1 Å². The zero-order valence-electron chi connectivity index (χ0n) is 15.7. The van der Waals surface area contributed by atoms with Gasteiger partial charge in [-0.1, -0.05) is 42.4 Å². The molecule has 3 aromatic rings. The zero-order valence-corrected chi connectivity index (χ0v) is 15.7. The first-order chi connectivity index (χ1) is 13.0. The Bertz CT molecular complexity index is 991. The topological polar surface area (TPSA) is 80.9 Å². The maximum Gasteiger partial charge on any atom is 0.236 e. The molecule has 2 aromatic heterocycles. The molecule has 0 saturated heterocycles. The molecule has 1 N–H and O–H groups in total. The molecule has 1 fully saturated rings. The Morgan fingerprint density at radius 3 is 2.56 bits per heavy atom. The van der Waals surface area contributed by atoms with Crippen LogP contribution in [0.2, 0.25) is 0 Å². The van der Waals surface area contributed by atoms with Gasteiger partial charge in [-0.3, -0.25) is 4.79 Å². The molecule has 1 aromatic carbocycles. The van der Waals surface area contributed by atoms with Crippen LogP contribution in [0.15, 0.2) is 40.9 Å². The van der Waals surface area contributed by atoms with E-state index < -0.39 is 5.41 Å². The number of benzene rings is 1. The van der Waals surface area contributed by atoms with Gasteiger partial charge in [0.1, 0.15) is 5.82 Å². The van der Waals surface area contributed by atoms with Crippen LogP contribution in [0.4, 0.5) is 5.82 Å². The minimum absolute atomic E-state index is 0.0355. The Morgan fingerprint density at radius 2 is 1.93 bits per heavy atom. The molecule has 6 heteroatoms. The van der Waals surface area contributed by atoms with Crippen LogP contribution < -0.4 is 5.32 Å². The van der Waals surface area contributed by atoms with Gasteiger partial charge in [0, 0.05) is 12.1 Å². The number of hydrogen-bond donors (Lipinski definition) is 1. The molecule has 0 atom stereocenters. The largest absolute Gasteiger partial charge is 0.339 e. The van der Waals surface area contributed by atoms with Crippen molar-refractivity contribution >= 4 is 11.7 Å². The summed E-state index contributed by atoms with van der Waals surface area (Å²) in [5.41, 5.74) is 3.06. The SMILES string of the molecule is CCc1nc(-c2c(C)cc(C)nc2NC(=O)C2(c3ccccc3)CC2)no1. The predicted molar refractivity (Wildman–Crippen MR) is 102 cm³/mol. The highest BCUT2D eigenvalue weighted by atomic mass is 16.5. The van der Waals surface area contributed by atoms with Crippen LogP contribution in [0, 0.1) is 13.8 Å². The number of aromatic nitrogens is 3. The van der Waals surface area contributed by atoms with E-state index in [1.165, 1.54) is 0 Å². The molecule has 1 saturated carbocycles. The van der Waals surface area contributed by atoms with Crippen molar-refractivity contribution in [2.24, 2.45) is 0 Å². The maximum absolute atomic E-state index is 13.1. The summed E-state index contributed by atoms with van der Waals surface area (Å²) in [5, 5.41) is 7.12. The third kappa shape index (κ3) is 3.12. The second-order valence-corrected chi connectivity index (χ2v) is 7.07. The van der Waals surface area contributed by atoms with Crippen LogP contribution in [-0.4, -0.2) is 21.0 Å². The summed E-state index contributed by atoms with van der Waals surface area (Å²) >= 11 is 0. The predicted octanol–water partition coefficient (Wildman–Crippen LogP) is 3.98. The second-order valence-electron chi connectivity index (χ2n) is 7.07. The van der Waals surface area contributed by atoms with E-state index in [-0.39, 0.29) is 5.91 Å². The molecule has 138 valence electrons. The quantitative estimate of drug-likeness (QED) is 0.742. The van der Waals surface area contributed by atoms with Crippen LogP contribution in [0.3, 0.4) is 0 Å². The number of carbonyl (C=O) groups is 1. The van der Waals surface area contributed by atoms with Gasteiger partial charge in [-0.05, 0) is 43.9 Å². The van der Waals surface area contributed by atoms with Crippen LogP contribution in [0.25, 0.3) is 11.4 Å². The molecular weight excluding hydrogens is 340 g/mol. The number of rotatable bonds is 5. The molecule has 0 bridgehead atoms. The minimum atomic E-state index is -0.469. The molecule has 0 aliphatic heterocycles. The molecule has 1 aliphatic carbocycles. The molecule has 1 amide bonds. The van der Waals surface area contributed by atoms with Gasteiger partial charge in [0.25, 0.3) is 0 Å². The van der Waals surface area contributed by atoms with E-state index >= 15 is 0 Å². The first kappa shape index (κ1) is 17.4. The number of aryl methyl sites for hydroxylation is 3. The fourth-order valence-corrected chi connectivity index (χ4v) is 3.47. The second kappa shape index (κ2) is 6.61. The van der Waals surface area contributed by atoms with E-state index in [1.807, 2.05) is 57.2 Å². The summed E-state index contributed by atoms with van der Waals surface area (Å²) in [5.74, 6) is 1.47. The summed E-state index contributed by atoms with van der Waals surface area (Å²) < 4.78 is 5.26. The molecule has 0 radical (unpaired) electrons. The summed E-state index contributed by atoms with van der Waals surface area (Å²) in [7, 11) is 0. The van der Waals surface area contributed by atoms with Crippen molar-refractivity contribution in [3.8, 4) is 11.4 Å². The number of amides is 1. The first-order valence-electron chi connectivity index (χ1n) is 9.21. The lowest BCUT2D eigenvalue weighted by atomic mass is 9.95. The van der Waals surface area contributed by atoms with Crippen LogP contribution >= 0.6 is 0 Å². The van der Waals surface area contributed by atoms with Gasteiger partial charge < -0.3 is 9.84 Å². The van der Waals surface area contributed by atoms with Crippen molar-refractivity contribution in [1.29, 1.82) is 0 Å². The highest BCUT2D eigenvalue weighted by Gasteiger charge is 2.51. The van der Waals surface area contributed by atoms with Crippen molar-refractivity contribution < 1.29 is 9.32 Å². The standard InChI is InChI=1S/C21H22N4O2/c1-4-16-23-19(25-27-16)17-13(2)12-14(3)22-18(17)24-20(26)21(10-11-21)15-8-6-5-7-9-15/h5-9,12H,4,10-11H2,1-3H3,(H,22,24,26). The van der Waals surface area contributed by atoms with Gasteiger partial charge in [0.2, 0.25) is 17.6 Å². The number of hydrogen-bond acceptors (Lipinski definition) is 5. The fourth-order valence-electron chi connectivity index (χ4n) is 3.47. The maximum atomic E-state index is 13.1. The lowest BCUT2D eigenvalue weighted by Gasteiger charge is -2.17. The van der Waals surface area contributed by atoms with E-state index in [1.54, 1.807) is 0 Å². The number of carbonyl (C=O) groups excluding carboxylic acids is 1. The Hall–Kier alpha value is -3.02. The Morgan fingerprint density at radius 1 is 1.19 bits per heavy atom. The van der Waals surface area contributed by atoms with Gasteiger partial charge in [0.15, 0.2) is 0 Å². The normalized spacial score (nSPS) is 14.8. The van der Waals surface area contributed by atoms with Gasteiger partial charge in [-0.25, -0.2) is 4.98 Å². The average Bonchev–Trinajstić information content (AvgIpc) is 3.35. The molecule has 4 rings (SSSR count). The number of nitrogens with one attached hydrogen (secondary N) is 1. The van der Waals surface area contributed by atoms with Crippen LogP contribution in [0.5, 0.6) is 0 Å². The van der Waals surface area contributed by atoms with Crippen LogP contribution in [0.1, 0.15) is 42.5 Å². The molecule has 1 aliphatic rings. The van der Waals surface area contributed by atoms with Gasteiger partial charge in [0.05, 0.1) is 11.0 Å². The van der Waals surface area contributed by atoms with E-state index in [4.69, 9.17) is 4.52 Å². The highest BCUT2D eigenvalue weighted by Crippen LogP contribution is 2.49. The third-order valence-corrected chi connectivity index (χ3v) is 5.08. The van der Waals surface area contributed by atoms with Crippen molar-refractivity contribution in [2.45, 2.75) is 45.4 Å². The summed E-state index contributed by atoms with van der Waals surface area (Å²) in [6, 6.07) is 11.9. The summed E-state index contributed by atoms with van der Waals surface area (Å²) in [6.07, 6.45) is 2.33. The number of anilines is 1. The first-order valence-corrected chi connectivity index (χ1v) is 9.21. The molecular formula is C21H22N4O2. The van der Waals surface area contributed by atoms with Crippen LogP contribution in [-0.2, 0) is 16.6 Å². The van der Waals surface area contributed by atoms with E-state index in [0.29, 0.717) is 29.5 Å². The van der Waals surface area contributed by atoms with Crippen molar-refractivity contribution in [3.05, 3.63) is 59.1 Å². The van der Waals surface area contributed by atoms with Crippen molar-refractivity contribution in [3.63, 3.8) is 0 Å². The molecule has 6 nitrogen and oxygen atoms in total. The molecule has 0 unspecified atom stereocenters. The van der Waals surface area contributed by atoms with E-state index in [0.717, 1.165) is 29.7 Å². The Kier molecular flexibility index (Phi) is 4.26. The zero-order chi connectivity index (χ0) is 19.0. The fraction of sp³-hybridized carbons (Fsp3) is 0.333. The smallest absolute Gasteiger partial charge is 0.236 e. The lowest BCUT2D eigenvalue weighted by molar-refractivity contribution is -0.118. The highest BCUT2D eigenvalue weighted by molar-refractivity contribution is 6.02. The molecule has 0 spiro atoms. The van der Waals surface area contributed by atoms with E-state index in [9.17, 15) is 4.79 Å². The number of pyridine rings is 1. The van der Waals surface area contributed by atoms with Crippen molar-refractivity contribution in [2.75, 3.05) is 5.32 Å². The summed E-state index contributed by atoms with van der Waals surface area (Å²) in [6.45, 7) is 5.83. The Balaban J connectivity index is 1.71. The van der Waals surface area contributed by atoms with Gasteiger partial charge in [-0.15, -0.1) is 0 Å². The van der Waals surface area contributed by atoms with Gasteiger partial charge in [-0.2, -0.15) is 4.98 Å². The third-order valence-electron chi connectivity index (χ3n) is 5.08. The Labute approximate surface area is 158 Å². The minimum Gasteiger partial charge on any atom is -0.339 e. The lowest BCUT2D eigenvalue weighted by Crippen LogP contribution is -2.28. The van der Waals surface area contributed by atoms with Gasteiger partial charge >= 0.3 is 0 Å². The molecule has 27 heavy (non-hydrogen) atoms. The average molecular weight is 362 g/mol. The molecule has 2 heterocycles. The van der Waals surface area contributed by atoms with E-state index in [2.05, 4.69) is 20.4 Å². The summed E-state index contributed by atoms with van der Waals surface area (Å²) in [4.78, 5) is 22.1. The number of nitrogens with zero attached hydrogens (tertiary/aromatic N) is 3.